The minimum atomic E-state index is -1.48. The van der Waals surface area contributed by atoms with Crippen LogP contribution < -0.4 is 15.5 Å². The van der Waals surface area contributed by atoms with Crippen LogP contribution in [0.1, 0.15) is 31.0 Å². The van der Waals surface area contributed by atoms with Crippen LogP contribution in [0.4, 0.5) is 30.6 Å². The van der Waals surface area contributed by atoms with E-state index in [-0.39, 0.29) is 36.3 Å². The van der Waals surface area contributed by atoms with Gasteiger partial charge >= 0.3 is 0 Å². The molecule has 0 saturated heterocycles. The average Bonchev–Trinajstić information content (AvgIpc) is 2.67. The summed E-state index contributed by atoms with van der Waals surface area (Å²) < 4.78 is 45.2. The highest BCUT2D eigenvalue weighted by atomic mass is 19.2. The summed E-state index contributed by atoms with van der Waals surface area (Å²) in [4.78, 5) is 22.8. The molecule has 30 heavy (non-hydrogen) atoms. The zero-order valence-electron chi connectivity index (χ0n) is 16.8. The van der Waals surface area contributed by atoms with Crippen molar-refractivity contribution < 1.29 is 22.7 Å². The Kier molecular flexibility index (Phi) is 5.27. The number of halogens is 3. The molecule has 0 unspecified atom stereocenters. The molecule has 0 spiro atoms. The number of anilines is 3. The fourth-order valence-electron chi connectivity index (χ4n) is 3.52. The van der Waals surface area contributed by atoms with Crippen molar-refractivity contribution in [3.63, 3.8) is 0 Å². The van der Waals surface area contributed by atoms with Crippen LogP contribution in [0.5, 0.6) is 0 Å². The molecule has 2 aromatic rings. The first-order valence-corrected chi connectivity index (χ1v) is 9.66. The fraction of sp³-hybridized carbons (Fsp3) is 0.450. The Hall–Kier alpha value is -2.88. The second kappa shape index (κ2) is 7.75. The largest absolute Gasteiger partial charge is 0.373 e. The Balaban J connectivity index is 1.33. The third kappa shape index (κ3) is 3.79. The van der Waals surface area contributed by atoms with Crippen molar-refractivity contribution in [3.8, 4) is 0 Å². The maximum atomic E-state index is 13.3. The van der Waals surface area contributed by atoms with Crippen LogP contribution in [0, 0.1) is 24.4 Å². The molecule has 7 nitrogen and oxygen atoms in total. The van der Waals surface area contributed by atoms with E-state index in [2.05, 4.69) is 20.6 Å². The summed E-state index contributed by atoms with van der Waals surface area (Å²) in [7, 11) is 1.81. The molecule has 1 aliphatic carbocycles. The van der Waals surface area contributed by atoms with E-state index >= 15 is 0 Å². The number of rotatable bonds is 5. The van der Waals surface area contributed by atoms with E-state index in [4.69, 9.17) is 4.74 Å². The number of fused-ring (bicyclic) bond motifs is 1. The molecule has 2 N–H and O–H groups in total. The number of nitrogens with one attached hydrogen (secondary N) is 2. The zero-order chi connectivity index (χ0) is 21.6. The van der Waals surface area contributed by atoms with Crippen LogP contribution in [0.25, 0.3) is 0 Å². The van der Waals surface area contributed by atoms with Gasteiger partial charge in [0.15, 0.2) is 23.3 Å². The van der Waals surface area contributed by atoms with Gasteiger partial charge in [0.25, 0.3) is 0 Å². The van der Waals surface area contributed by atoms with Crippen LogP contribution in [0.2, 0.25) is 0 Å². The number of nitrogens with zero attached hydrogens (tertiary/aromatic N) is 3. The molecule has 1 fully saturated rings. The maximum absolute atomic E-state index is 13.3. The van der Waals surface area contributed by atoms with Gasteiger partial charge in [-0.15, -0.1) is 0 Å². The van der Waals surface area contributed by atoms with Gasteiger partial charge in [-0.3, -0.25) is 4.79 Å². The van der Waals surface area contributed by atoms with Crippen LogP contribution >= 0.6 is 0 Å². The average molecular weight is 421 g/mol. The van der Waals surface area contributed by atoms with Crippen LogP contribution in [-0.2, 0) is 16.1 Å². The van der Waals surface area contributed by atoms with Gasteiger partial charge in [0, 0.05) is 13.1 Å². The highest BCUT2D eigenvalue weighted by Gasteiger charge is 2.33. The van der Waals surface area contributed by atoms with Gasteiger partial charge in [-0.05, 0) is 44.4 Å². The number of hydrogen-bond acceptors (Lipinski definition) is 6. The van der Waals surface area contributed by atoms with E-state index in [0.717, 1.165) is 12.1 Å². The predicted molar refractivity (Wildman–Crippen MR) is 105 cm³/mol. The standard InChI is InChI=1S/C20H22F3N5O2/c1-9-17-18(28(3)10(2)19(29)26-17)27-20(24-9)25-12-6-13(7-12)30-8-11-4-14(21)16(23)15(22)5-11/h4-5,10,12-13H,6-8H2,1-3H3,(H,26,29)(H,24,25,27)/t10-,12?,13?/m0/s1. The van der Waals surface area contributed by atoms with Crippen molar-refractivity contribution in [2.45, 2.75) is 51.5 Å². The first-order valence-electron chi connectivity index (χ1n) is 9.66. The Morgan fingerprint density at radius 1 is 1.23 bits per heavy atom. The SMILES string of the molecule is Cc1nc(NC2CC(OCc3cc(F)c(F)c(F)c3)C2)nc2c1NC(=O)[C@H](C)N2C. The highest BCUT2D eigenvalue weighted by molar-refractivity contribution is 6.03. The van der Waals surface area contributed by atoms with Gasteiger partial charge < -0.3 is 20.3 Å². The van der Waals surface area contributed by atoms with Crippen molar-refractivity contribution in [1.29, 1.82) is 0 Å². The number of carbonyl (C=O) groups is 1. The molecular weight excluding hydrogens is 399 g/mol. The summed E-state index contributed by atoms with van der Waals surface area (Å²) in [5.74, 6) is -2.91. The van der Waals surface area contributed by atoms with E-state index in [1.165, 1.54) is 0 Å². The van der Waals surface area contributed by atoms with Crippen LogP contribution in [-0.4, -0.2) is 41.1 Å². The van der Waals surface area contributed by atoms with Crippen molar-refractivity contribution in [1.82, 2.24) is 9.97 Å². The van der Waals surface area contributed by atoms with E-state index < -0.39 is 17.5 Å². The second-order valence-corrected chi connectivity index (χ2v) is 7.73. The smallest absolute Gasteiger partial charge is 0.246 e. The number of hydrogen-bond donors (Lipinski definition) is 2. The molecule has 10 heteroatoms. The number of carbonyl (C=O) groups excluding carboxylic acids is 1. The van der Waals surface area contributed by atoms with E-state index in [1.54, 1.807) is 6.92 Å². The van der Waals surface area contributed by atoms with Gasteiger partial charge in [-0.25, -0.2) is 18.2 Å². The summed E-state index contributed by atoms with van der Waals surface area (Å²) >= 11 is 0. The van der Waals surface area contributed by atoms with E-state index in [0.29, 0.717) is 36.0 Å². The minimum Gasteiger partial charge on any atom is -0.373 e. The molecular formula is C20H22F3N5O2. The number of amides is 1. The molecule has 1 saturated carbocycles. The number of benzene rings is 1. The number of aryl methyl sites for hydroxylation is 1. The number of aromatic nitrogens is 2. The molecule has 1 aromatic carbocycles. The zero-order valence-corrected chi connectivity index (χ0v) is 16.8. The van der Waals surface area contributed by atoms with E-state index in [9.17, 15) is 18.0 Å². The monoisotopic (exact) mass is 421 g/mol. The molecule has 1 aromatic heterocycles. The maximum Gasteiger partial charge on any atom is 0.246 e. The molecule has 2 aliphatic rings. The van der Waals surface area contributed by atoms with Gasteiger partial charge in [0.2, 0.25) is 11.9 Å². The molecule has 1 amide bonds. The second-order valence-electron chi connectivity index (χ2n) is 7.73. The van der Waals surface area contributed by atoms with Crippen molar-refractivity contribution in [2.75, 3.05) is 22.6 Å². The van der Waals surface area contributed by atoms with Gasteiger partial charge in [0.1, 0.15) is 11.7 Å². The Labute approximate surface area is 171 Å². The van der Waals surface area contributed by atoms with E-state index in [1.807, 2.05) is 18.9 Å². The molecule has 4 rings (SSSR count). The molecule has 2 heterocycles. The first kappa shape index (κ1) is 20.4. The summed E-state index contributed by atoms with van der Waals surface area (Å²) in [5, 5.41) is 6.10. The summed E-state index contributed by atoms with van der Waals surface area (Å²) in [5.41, 5.74) is 1.53. The van der Waals surface area contributed by atoms with Crippen molar-refractivity contribution >= 4 is 23.4 Å². The Morgan fingerprint density at radius 3 is 2.57 bits per heavy atom. The highest BCUT2D eigenvalue weighted by Crippen LogP contribution is 2.33. The minimum absolute atomic E-state index is 0.00232. The van der Waals surface area contributed by atoms with Crippen LogP contribution in [0.3, 0.4) is 0 Å². The summed E-state index contributed by atoms with van der Waals surface area (Å²) in [6.45, 7) is 3.61. The molecule has 0 radical (unpaired) electrons. The predicted octanol–water partition coefficient (Wildman–Crippen LogP) is 3.14. The molecule has 1 aliphatic heterocycles. The van der Waals surface area contributed by atoms with Crippen LogP contribution in [0.15, 0.2) is 12.1 Å². The van der Waals surface area contributed by atoms with Crippen molar-refractivity contribution in [3.05, 3.63) is 40.8 Å². The van der Waals surface area contributed by atoms with Gasteiger partial charge in [-0.1, -0.05) is 0 Å². The quantitative estimate of drug-likeness (QED) is 0.723. The lowest BCUT2D eigenvalue weighted by molar-refractivity contribution is -0.117. The lowest BCUT2D eigenvalue weighted by Crippen LogP contribution is -2.45. The molecule has 0 bridgehead atoms. The third-order valence-electron chi connectivity index (χ3n) is 5.57. The lowest BCUT2D eigenvalue weighted by Gasteiger charge is -2.36. The van der Waals surface area contributed by atoms with Gasteiger partial charge in [-0.2, -0.15) is 4.98 Å². The molecule has 1 atom stereocenters. The van der Waals surface area contributed by atoms with Gasteiger partial charge in [0.05, 0.1) is 18.4 Å². The molecule has 160 valence electrons. The normalized spacial score (nSPS) is 22.9. The Morgan fingerprint density at radius 2 is 1.90 bits per heavy atom. The topological polar surface area (TPSA) is 79.4 Å². The number of ether oxygens (including phenoxy) is 1. The summed E-state index contributed by atoms with van der Waals surface area (Å²) in [6, 6.07) is 1.64. The lowest BCUT2D eigenvalue weighted by atomic mass is 9.89. The number of likely N-dealkylation sites (N-methyl/N-ethyl adjacent to an activating group) is 1. The fourth-order valence-corrected chi connectivity index (χ4v) is 3.52. The summed E-state index contributed by atoms with van der Waals surface area (Å²) in [6.07, 6.45) is 1.27. The van der Waals surface area contributed by atoms with Crippen molar-refractivity contribution in [2.24, 2.45) is 0 Å². The Bertz CT molecular complexity index is 974. The first-order chi connectivity index (χ1) is 14.2. The third-order valence-corrected chi connectivity index (χ3v) is 5.57.